The first-order chi connectivity index (χ1) is 3.82. The lowest BCUT2D eigenvalue weighted by molar-refractivity contribution is 0.0396. The van der Waals surface area contributed by atoms with Crippen molar-refractivity contribution >= 4 is 0 Å². The van der Waals surface area contributed by atoms with E-state index in [0.29, 0.717) is 11.8 Å². The first kappa shape index (κ1) is 3.85. The normalized spacial score (nSPS) is 81.8. The van der Waals surface area contributed by atoms with Gasteiger partial charge in [0.25, 0.3) is 0 Å². The molecular formula is C6H8O2. The second-order valence-corrected chi connectivity index (χ2v) is 3.29. The van der Waals surface area contributed by atoms with Gasteiger partial charge in [-0.25, -0.2) is 0 Å². The van der Waals surface area contributed by atoms with Crippen molar-refractivity contribution in [1.29, 1.82) is 0 Å². The molecule has 44 valence electrons. The Hall–Kier alpha value is -0.0800. The minimum absolute atomic E-state index is 0.352. The van der Waals surface area contributed by atoms with Crippen LogP contribution in [0.25, 0.3) is 0 Å². The summed E-state index contributed by atoms with van der Waals surface area (Å²) in [5.74, 6) is 2.55. The lowest BCUT2D eigenvalue weighted by Gasteiger charge is -2.02. The smallest absolute Gasteiger partial charge is 0.0835 e. The van der Waals surface area contributed by atoms with Gasteiger partial charge in [0.05, 0.1) is 12.2 Å². The fraction of sp³-hybridized carbons (Fsp3) is 1.00. The highest BCUT2D eigenvalue weighted by Gasteiger charge is 2.84. The van der Waals surface area contributed by atoms with Gasteiger partial charge in [0.1, 0.15) is 0 Å². The standard InChI is InChI=1S/C6H8O2/c7-5-3-1-2(3)4(1)6(5)8/h1-8H. The highest BCUT2D eigenvalue weighted by atomic mass is 16.3. The Bertz CT molecular complexity index is 131. The zero-order valence-corrected chi connectivity index (χ0v) is 4.36. The monoisotopic (exact) mass is 112 g/mol. The summed E-state index contributed by atoms with van der Waals surface area (Å²) in [6, 6.07) is 0. The largest absolute Gasteiger partial charge is 0.390 e. The van der Waals surface area contributed by atoms with Crippen molar-refractivity contribution in [3.63, 3.8) is 0 Å². The molecule has 0 radical (unpaired) electrons. The van der Waals surface area contributed by atoms with Gasteiger partial charge in [0.2, 0.25) is 0 Å². The van der Waals surface area contributed by atoms with Gasteiger partial charge in [-0.05, 0) is 23.7 Å². The third kappa shape index (κ3) is 0.184. The molecule has 4 rings (SSSR count). The molecule has 4 saturated carbocycles. The quantitative estimate of drug-likeness (QED) is 0.431. The van der Waals surface area contributed by atoms with E-state index in [4.69, 9.17) is 10.2 Å². The van der Waals surface area contributed by atoms with Gasteiger partial charge in [0, 0.05) is 0 Å². The Kier molecular flexibility index (Phi) is 0.364. The van der Waals surface area contributed by atoms with Gasteiger partial charge in [-0.3, -0.25) is 0 Å². The Morgan fingerprint density at radius 3 is 1.12 bits per heavy atom. The van der Waals surface area contributed by atoms with Crippen molar-refractivity contribution in [2.75, 3.05) is 0 Å². The molecule has 2 atom stereocenters. The van der Waals surface area contributed by atoms with Gasteiger partial charge in [-0.1, -0.05) is 0 Å². The van der Waals surface area contributed by atoms with Crippen LogP contribution in [0.5, 0.6) is 0 Å². The maximum Gasteiger partial charge on any atom is 0.0835 e. The average molecular weight is 112 g/mol. The van der Waals surface area contributed by atoms with Crippen molar-refractivity contribution in [3.8, 4) is 0 Å². The van der Waals surface area contributed by atoms with Gasteiger partial charge in [-0.2, -0.15) is 0 Å². The summed E-state index contributed by atoms with van der Waals surface area (Å²) < 4.78 is 0. The fourth-order valence-corrected chi connectivity index (χ4v) is 2.50. The SMILES string of the molecule is OC1C(O)C2C3C1C23. The first-order valence-corrected chi connectivity index (χ1v) is 3.18. The van der Waals surface area contributed by atoms with Crippen LogP contribution >= 0.6 is 0 Å². The van der Waals surface area contributed by atoms with E-state index in [0.717, 1.165) is 11.8 Å². The van der Waals surface area contributed by atoms with Gasteiger partial charge < -0.3 is 10.2 Å². The number of aliphatic hydroxyl groups is 2. The highest BCUT2D eigenvalue weighted by molar-refractivity contribution is 5.31. The van der Waals surface area contributed by atoms with Crippen LogP contribution in [-0.4, -0.2) is 22.4 Å². The molecule has 0 aliphatic heterocycles. The van der Waals surface area contributed by atoms with Crippen molar-refractivity contribution in [2.45, 2.75) is 12.2 Å². The van der Waals surface area contributed by atoms with Crippen LogP contribution in [0.2, 0.25) is 0 Å². The minimum Gasteiger partial charge on any atom is -0.390 e. The van der Waals surface area contributed by atoms with Crippen LogP contribution in [0.1, 0.15) is 0 Å². The van der Waals surface area contributed by atoms with Crippen molar-refractivity contribution < 1.29 is 10.2 Å². The average Bonchev–Trinajstić information content (AvgIpc) is 2.45. The zero-order chi connectivity index (χ0) is 5.46. The lowest BCUT2D eigenvalue weighted by Crippen LogP contribution is -2.19. The molecule has 2 bridgehead atoms. The molecule has 4 aliphatic rings. The van der Waals surface area contributed by atoms with Gasteiger partial charge in [-0.15, -0.1) is 0 Å². The summed E-state index contributed by atoms with van der Waals surface area (Å²) in [6.45, 7) is 0. The Morgan fingerprint density at radius 1 is 0.625 bits per heavy atom. The summed E-state index contributed by atoms with van der Waals surface area (Å²) in [5, 5.41) is 18.2. The predicted molar refractivity (Wildman–Crippen MR) is 26.0 cm³/mol. The summed E-state index contributed by atoms with van der Waals surface area (Å²) in [4.78, 5) is 0. The number of hydrogen-bond donors (Lipinski definition) is 2. The number of hydrogen-bond acceptors (Lipinski definition) is 2. The van der Waals surface area contributed by atoms with Crippen LogP contribution in [0.3, 0.4) is 0 Å². The first-order valence-electron chi connectivity index (χ1n) is 3.18. The molecule has 0 aromatic rings. The predicted octanol–water partition coefficient (Wildman–Crippen LogP) is -0.786. The molecule has 2 unspecified atom stereocenters. The minimum atomic E-state index is -0.352. The molecule has 0 aromatic carbocycles. The van der Waals surface area contributed by atoms with E-state index in [1.54, 1.807) is 0 Å². The van der Waals surface area contributed by atoms with Crippen molar-refractivity contribution in [3.05, 3.63) is 0 Å². The van der Waals surface area contributed by atoms with Gasteiger partial charge in [0.15, 0.2) is 0 Å². The Balaban J connectivity index is 2.02. The fourth-order valence-electron chi connectivity index (χ4n) is 2.50. The molecule has 8 heavy (non-hydrogen) atoms. The molecule has 0 spiro atoms. The summed E-state index contributed by atoms with van der Waals surface area (Å²) in [6.07, 6.45) is -0.704. The van der Waals surface area contributed by atoms with Crippen LogP contribution in [-0.2, 0) is 0 Å². The number of aliphatic hydroxyl groups excluding tert-OH is 2. The Morgan fingerprint density at radius 2 is 1.00 bits per heavy atom. The maximum absolute atomic E-state index is 9.08. The highest BCUT2D eigenvalue weighted by Crippen LogP contribution is 2.81. The Labute approximate surface area is 47.1 Å². The van der Waals surface area contributed by atoms with E-state index in [-0.39, 0.29) is 12.2 Å². The summed E-state index contributed by atoms with van der Waals surface area (Å²) in [7, 11) is 0. The third-order valence-corrected chi connectivity index (χ3v) is 3.08. The summed E-state index contributed by atoms with van der Waals surface area (Å²) in [5.41, 5.74) is 0. The molecule has 4 fully saturated rings. The molecule has 0 amide bonds. The second-order valence-electron chi connectivity index (χ2n) is 3.29. The van der Waals surface area contributed by atoms with E-state index in [1.807, 2.05) is 0 Å². The van der Waals surface area contributed by atoms with Gasteiger partial charge >= 0.3 is 0 Å². The van der Waals surface area contributed by atoms with E-state index in [9.17, 15) is 0 Å². The van der Waals surface area contributed by atoms with Crippen LogP contribution < -0.4 is 0 Å². The number of fused-ring (bicyclic) bond motifs is 1. The van der Waals surface area contributed by atoms with E-state index >= 15 is 0 Å². The summed E-state index contributed by atoms with van der Waals surface area (Å²) >= 11 is 0. The molecule has 0 saturated heterocycles. The lowest BCUT2D eigenvalue weighted by atomic mass is 10.2. The van der Waals surface area contributed by atoms with E-state index in [1.165, 1.54) is 0 Å². The second kappa shape index (κ2) is 0.755. The van der Waals surface area contributed by atoms with E-state index < -0.39 is 0 Å². The third-order valence-electron chi connectivity index (χ3n) is 3.08. The molecule has 2 heteroatoms. The topological polar surface area (TPSA) is 40.5 Å². The molecule has 2 nitrogen and oxygen atoms in total. The van der Waals surface area contributed by atoms with E-state index in [2.05, 4.69) is 0 Å². The number of rotatable bonds is 0. The van der Waals surface area contributed by atoms with Crippen molar-refractivity contribution in [2.24, 2.45) is 23.7 Å². The zero-order valence-electron chi connectivity index (χ0n) is 4.36. The van der Waals surface area contributed by atoms with Crippen LogP contribution in [0.4, 0.5) is 0 Å². The maximum atomic E-state index is 9.08. The van der Waals surface area contributed by atoms with Crippen LogP contribution in [0, 0.1) is 23.7 Å². The molecule has 0 heterocycles. The molecule has 4 aliphatic carbocycles. The molecule has 2 N–H and O–H groups in total. The molecular weight excluding hydrogens is 104 g/mol. The van der Waals surface area contributed by atoms with Crippen molar-refractivity contribution in [1.82, 2.24) is 0 Å². The molecule has 0 aromatic heterocycles. The van der Waals surface area contributed by atoms with Crippen LogP contribution in [0.15, 0.2) is 0 Å².